The van der Waals surface area contributed by atoms with Crippen LogP contribution >= 0.6 is 11.6 Å². The van der Waals surface area contributed by atoms with Gasteiger partial charge in [-0.2, -0.15) is 0 Å². The van der Waals surface area contributed by atoms with Crippen LogP contribution in [0.1, 0.15) is 20.3 Å². The molecule has 0 N–H and O–H groups in total. The molecule has 0 radical (unpaired) electrons. The molecule has 2 rings (SSSR count). The molecule has 0 aliphatic carbocycles. The Morgan fingerprint density at radius 3 is 2.44 bits per heavy atom. The van der Waals surface area contributed by atoms with E-state index < -0.39 is 0 Å². The maximum Gasteiger partial charge on any atom is 0.0709 e. The maximum absolute atomic E-state index is 5.90. The van der Waals surface area contributed by atoms with E-state index in [0.29, 0.717) is 6.04 Å². The summed E-state index contributed by atoms with van der Waals surface area (Å²) < 4.78 is 0. The molecule has 2 nitrogen and oxygen atoms in total. The van der Waals surface area contributed by atoms with Gasteiger partial charge in [-0.3, -0.25) is 4.90 Å². The van der Waals surface area contributed by atoms with E-state index in [1.54, 1.807) is 0 Å². The minimum Gasteiger partial charge on any atom is -0.358 e. The zero-order valence-corrected chi connectivity index (χ0v) is 10.7. The van der Waals surface area contributed by atoms with Gasteiger partial charge >= 0.3 is 0 Å². The van der Waals surface area contributed by atoms with Crippen LogP contribution in [-0.4, -0.2) is 30.7 Å². The van der Waals surface area contributed by atoms with E-state index in [4.69, 9.17) is 11.6 Å². The normalized spacial score (nSPS) is 18.1. The van der Waals surface area contributed by atoms with Gasteiger partial charge in [-0.15, -0.1) is 0 Å². The fourth-order valence-corrected chi connectivity index (χ4v) is 2.24. The van der Waals surface area contributed by atoms with Crippen molar-refractivity contribution in [1.29, 1.82) is 0 Å². The Kier molecular flexibility index (Phi) is 3.72. The predicted molar refractivity (Wildman–Crippen MR) is 70.1 cm³/mol. The number of hydrogen-bond acceptors (Lipinski definition) is 2. The van der Waals surface area contributed by atoms with E-state index in [9.17, 15) is 0 Å². The molecular weight excluding hydrogens is 220 g/mol. The second kappa shape index (κ2) is 5.07. The van der Waals surface area contributed by atoms with Crippen LogP contribution in [0, 0.1) is 0 Å². The van der Waals surface area contributed by atoms with Crippen LogP contribution in [0.5, 0.6) is 0 Å². The Morgan fingerprint density at radius 1 is 1.12 bits per heavy atom. The SMILES string of the molecule is CC(C)N1CCCN(c2ccc(Cl)cc2)C1. The average Bonchev–Trinajstić information content (AvgIpc) is 2.30. The van der Waals surface area contributed by atoms with Gasteiger partial charge < -0.3 is 4.90 Å². The van der Waals surface area contributed by atoms with E-state index in [2.05, 4.69) is 35.8 Å². The molecule has 1 aromatic carbocycles. The van der Waals surface area contributed by atoms with Crippen molar-refractivity contribution < 1.29 is 0 Å². The molecule has 1 aliphatic heterocycles. The third-order valence-corrected chi connectivity index (χ3v) is 3.40. The molecule has 3 heteroatoms. The first-order chi connectivity index (χ1) is 7.66. The number of rotatable bonds is 2. The Bertz CT molecular complexity index is 334. The van der Waals surface area contributed by atoms with E-state index >= 15 is 0 Å². The molecule has 0 aromatic heterocycles. The van der Waals surface area contributed by atoms with Gasteiger partial charge in [0.05, 0.1) is 6.67 Å². The van der Waals surface area contributed by atoms with Crippen molar-refractivity contribution in [3.8, 4) is 0 Å². The van der Waals surface area contributed by atoms with Crippen molar-refractivity contribution in [2.24, 2.45) is 0 Å². The van der Waals surface area contributed by atoms with Gasteiger partial charge in [0.2, 0.25) is 0 Å². The van der Waals surface area contributed by atoms with Crippen molar-refractivity contribution >= 4 is 17.3 Å². The van der Waals surface area contributed by atoms with Crippen LogP contribution in [0.2, 0.25) is 5.02 Å². The van der Waals surface area contributed by atoms with E-state index in [1.807, 2.05) is 12.1 Å². The summed E-state index contributed by atoms with van der Waals surface area (Å²) in [7, 11) is 0. The highest BCUT2D eigenvalue weighted by Gasteiger charge is 2.19. The third kappa shape index (κ3) is 2.69. The zero-order chi connectivity index (χ0) is 11.5. The molecule has 16 heavy (non-hydrogen) atoms. The molecular formula is C13H19ClN2. The lowest BCUT2D eigenvalue weighted by Gasteiger charge is -2.39. The zero-order valence-electron chi connectivity index (χ0n) is 9.99. The van der Waals surface area contributed by atoms with Crippen LogP contribution in [0.3, 0.4) is 0 Å². The Labute approximate surface area is 103 Å². The van der Waals surface area contributed by atoms with E-state index in [0.717, 1.165) is 18.2 Å². The summed E-state index contributed by atoms with van der Waals surface area (Å²) in [6.45, 7) is 7.89. The summed E-state index contributed by atoms with van der Waals surface area (Å²) in [5.41, 5.74) is 1.27. The Morgan fingerprint density at radius 2 is 1.81 bits per heavy atom. The number of nitrogens with zero attached hydrogens (tertiary/aromatic N) is 2. The van der Waals surface area contributed by atoms with Crippen molar-refractivity contribution in [3.05, 3.63) is 29.3 Å². The van der Waals surface area contributed by atoms with Gasteiger partial charge in [-0.1, -0.05) is 11.6 Å². The van der Waals surface area contributed by atoms with Crippen molar-refractivity contribution in [1.82, 2.24) is 4.90 Å². The van der Waals surface area contributed by atoms with Crippen LogP contribution in [0.25, 0.3) is 0 Å². The van der Waals surface area contributed by atoms with Gasteiger partial charge in [0.1, 0.15) is 0 Å². The fraction of sp³-hybridized carbons (Fsp3) is 0.538. The van der Waals surface area contributed by atoms with Crippen molar-refractivity contribution in [3.63, 3.8) is 0 Å². The van der Waals surface area contributed by atoms with Gasteiger partial charge in [0.25, 0.3) is 0 Å². The Hall–Kier alpha value is -0.730. The smallest absolute Gasteiger partial charge is 0.0709 e. The lowest BCUT2D eigenvalue weighted by molar-refractivity contribution is 0.195. The summed E-state index contributed by atoms with van der Waals surface area (Å²) in [4.78, 5) is 4.91. The summed E-state index contributed by atoms with van der Waals surface area (Å²) in [6, 6.07) is 8.75. The summed E-state index contributed by atoms with van der Waals surface area (Å²) in [5.74, 6) is 0. The molecule has 1 aliphatic rings. The molecule has 0 spiro atoms. The van der Waals surface area contributed by atoms with Crippen LogP contribution < -0.4 is 4.90 Å². The number of anilines is 1. The lowest BCUT2D eigenvalue weighted by atomic mass is 10.2. The number of benzene rings is 1. The highest BCUT2D eigenvalue weighted by Crippen LogP contribution is 2.21. The quantitative estimate of drug-likeness (QED) is 0.781. The van der Waals surface area contributed by atoms with Crippen LogP contribution in [0.4, 0.5) is 5.69 Å². The van der Waals surface area contributed by atoms with Gasteiger partial charge in [0.15, 0.2) is 0 Å². The number of halogens is 1. The first-order valence-corrected chi connectivity index (χ1v) is 6.29. The largest absolute Gasteiger partial charge is 0.358 e. The van der Waals surface area contributed by atoms with Crippen molar-refractivity contribution in [2.45, 2.75) is 26.3 Å². The number of hydrogen-bond donors (Lipinski definition) is 0. The summed E-state index contributed by atoms with van der Waals surface area (Å²) in [6.07, 6.45) is 1.24. The monoisotopic (exact) mass is 238 g/mol. The van der Waals surface area contributed by atoms with Crippen LogP contribution in [-0.2, 0) is 0 Å². The molecule has 88 valence electrons. The van der Waals surface area contributed by atoms with E-state index in [-0.39, 0.29) is 0 Å². The minimum absolute atomic E-state index is 0.620. The first kappa shape index (κ1) is 11.7. The predicted octanol–water partition coefficient (Wildman–Crippen LogP) is 3.22. The molecule has 0 bridgehead atoms. The Balaban J connectivity index is 2.06. The van der Waals surface area contributed by atoms with Gasteiger partial charge in [-0.05, 0) is 44.5 Å². The lowest BCUT2D eigenvalue weighted by Crippen LogP contribution is -2.47. The molecule has 1 saturated heterocycles. The highest BCUT2D eigenvalue weighted by molar-refractivity contribution is 6.30. The third-order valence-electron chi connectivity index (χ3n) is 3.15. The molecule has 1 heterocycles. The average molecular weight is 239 g/mol. The second-order valence-corrected chi connectivity index (χ2v) is 5.08. The summed E-state index contributed by atoms with van der Waals surface area (Å²) in [5, 5.41) is 0.807. The minimum atomic E-state index is 0.620. The first-order valence-electron chi connectivity index (χ1n) is 5.91. The molecule has 1 fully saturated rings. The molecule has 1 aromatic rings. The highest BCUT2D eigenvalue weighted by atomic mass is 35.5. The van der Waals surface area contributed by atoms with Gasteiger partial charge in [0, 0.05) is 29.8 Å². The fourth-order valence-electron chi connectivity index (χ4n) is 2.11. The molecule has 0 amide bonds. The second-order valence-electron chi connectivity index (χ2n) is 4.64. The summed E-state index contributed by atoms with van der Waals surface area (Å²) >= 11 is 5.90. The maximum atomic E-state index is 5.90. The van der Waals surface area contributed by atoms with Crippen LogP contribution in [0.15, 0.2) is 24.3 Å². The molecule has 0 saturated carbocycles. The van der Waals surface area contributed by atoms with Gasteiger partial charge in [-0.25, -0.2) is 0 Å². The molecule has 0 unspecified atom stereocenters. The van der Waals surface area contributed by atoms with E-state index in [1.165, 1.54) is 18.7 Å². The standard InChI is InChI=1S/C13H19ClN2/c1-11(2)15-8-3-9-16(10-15)13-6-4-12(14)5-7-13/h4-7,11H,3,8-10H2,1-2H3. The molecule has 0 atom stereocenters. The van der Waals surface area contributed by atoms with Crippen molar-refractivity contribution in [2.75, 3.05) is 24.7 Å². The topological polar surface area (TPSA) is 6.48 Å².